The van der Waals surface area contributed by atoms with Gasteiger partial charge in [0.05, 0.1) is 6.07 Å². The van der Waals surface area contributed by atoms with Gasteiger partial charge in [0.2, 0.25) is 0 Å². The van der Waals surface area contributed by atoms with Crippen LogP contribution in [-0.2, 0) is 0 Å². The molecule has 0 spiro atoms. The van der Waals surface area contributed by atoms with Crippen molar-refractivity contribution in [2.24, 2.45) is 0 Å². The van der Waals surface area contributed by atoms with Gasteiger partial charge in [-0.1, -0.05) is 31.5 Å². The quantitative estimate of drug-likeness (QED) is 0.800. The predicted octanol–water partition coefficient (Wildman–Crippen LogP) is 3.55. The van der Waals surface area contributed by atoms with E-state index in [1.807, 2.05) is 25.1 Å². The molecule has 86 valence electrons. The molecular formula is C13H17ClN2. The van der Waals surface area contributed by atoms with Crippen molar-refractivity contribution >= 4 is 11.6 Å². The molecule has 0 fully saturated rings. The molecule has 16 heavy (non-hydrogen) atoms. The first-order chi connectivity index (χ1) is 7.63. The van der Waals surface area contributed by atoms with Gasteiger partial charge in [0.25, 0.3) is 0 Å². The lowest BCUT2D eigenvalue weighted by Crippen LogP contribution is -2.27. The Bertz CT molecular complexity index is 391. The van der Waals surface area contributed by atoms with E-state index in [1.54, 1.807) is 0 Å². The Morgan fingerprint density at radius 3 is 2.44 bits per heavy atom. The molecule has 0 aliphatic carbocycles. The predicted molar refractivity (Wildman–Crippen MR) is 67.5 cm³/mol. The zero-order valence-electron chi connectivity index (χ0n) is 10.00. The minimum atomic E-state index is -0.174. The van der Waals surface area contributed by atoms with Crippen LogP contribution in [0.2, 0.25) is 5.02 Å². The summed E-state index contributed by atoms with van der Waals surface area (Å²) in [5.41, 5.74) is 2.13. The molecular weight excluding hydrogens is 220 g/mol. The van der Waals surface area contributed by atoms with Gasteiger partial charge in [-0.2, -0.15) is 5.26 Å². The van der Waals surface area contributed by atoms with E-state index < -0.39 is 0 Å². The smallest absolute Gasteiger partial charge is 0.124 e. The van der Waals surface area contributed by atoms with Crippen LogP contribution in [0, 0.1) is 18.3 Å². The number of aryl methyl sites for hydroxylation is 1. The minimum Gasteiger partial charge on any atom is -0.285 e. The number of nitrogens with zero attached hydrogens (tertiary/aromatic N) is 2. The maximum atomic E-state index is 9.28. The van der Waals surface area contributed by atoms with Crippen LogP contribution in [0.25, 0.3) is 0 Å². The van der Waals surface area contributed by atoms with Gasteiger partial charge < -0.3 is 0 Å². The summed E-state index contributed by atoms with van der Waals surface area (Å²) in [7, 11) is 0. The summed E-state index contributed by atoms with van der Waals surface area (Å²) in [6.45, 7) is 7.88. The molecule has 0 aromatic heterocycles. The Balaban J connectivity index is 3.09. The zero-order valence-corrected chi connectivity index (χ0v) is 10.8. The summed E-state index contributed by atoms with van der Waals surface area (Å²) in [5, 5.41) is 10.0. The first-order valence-corrected chi connectivity index (χ1v) is 5.91. The van der Waals surface area contributed by atoms with E-state index in [2.05, 4.69) is 24.8 Å². The maximum absolute atomic E-state index is 9.28. The largest absolute Gasteiger partial charge is 0.285 e. The van der Waals surface area contributed by atoms with E-state index in [9.17, 15) is 5.26 Å². The Morgan fingerprint density at radius 1 is 1.38 bits per heavy atom. The van der Waals surface area contributed by atoms with Crippen LogP contribution in [0.4, 0.5) is 0 Å². The normalized spacial score (nSPS) is 12.5. The fourth-order valence-corrected chi connectivity index (χ4v) is 2.11. The van der Waals surface area contributed by atoms with Crippen LogP contribution < -0.4 is 0 Å². The SMILES string of the molecule is CCN(CC)C(C#N)c1ccc(Cl)cc1C. The molecule has 3 heteroatoms. The Hall–Kier alpha value is -1.04. The molecule has 1 atom stereocenters. The van der Waals surface area contributed by atoms with Crippen LogP contribution in [-0.4, -0.2) is 18.0 Å². The van der Waals surface area contributed by atoms with Crippen molar-refractivity contribution < 1.29 is 0 Å². The van der Waals surface area contributed by atoms with Crippen molar-refractivity contribution in [2.75, 3.05) is 13.1 Å². The third-order valence-electron chi connectivity index (χ3n) is 2.83. The number of hydrogen-bond donors (Lipinski definition) is 0. The average Bonchev–Trinajstić information content (AvgIpc) is 2.27. The summed E-state index contributed by atoms with van der Waals surface area (Å²) in [6.07, 6.45) is 0. The van der Waals surface area contributed by atoms with Gasteiger partial charge in [-0.15, -0.1) is 0 Å². The summed E-state index contributed by atoms with van der Waals surface area (Å²) >= 11 is 5.92. The van der Waals surface area contributed by atoms with Crippen LogP contribution in [0.5, 0.6) is 0 Å². The molecule has 0 amide bonds. The van der Waals surface area contributed by atoms with Crippen molar-refractivity contribution in [3.63, 3.8) is 0 Å². The number of halogens is 1. The molecule has 0 saturated carbocycles. The van der Waals surface area contributed by atoms with Gasteiger partial charge in [0.15, 0.2) is 0 Å². The first-order valence-electron chi connectivity index (χ1n) is 5.53. The molecule has 0 heterocycles. The number of benzene rings is 1. The van der Waals surface area contributed by atoms with Crippen molar-refractivity contribution in [1.29, 1.82) is 5.26 Å². The molecule has 1 aromatic carbocycles. The van der Waals surface area contributed by atoms with Gasteiger partial charge in [-0.3, -0.25) is 4.90 Å². The molecule has 1 aromatic rings. The van der Waals surface area contributed by atoms with Crippen LogP contribution in [0.3, 0.4) is 0 Å². The first kappa shape index (κ1) is 13.0. The second-order valence-corrected chi connectivity index (χ2v) is 4.19. The zero-order chi connectivity index (χ0) is 12.1. The van der Waals surface area contributed by atoms with Gasteiger partial charge in [0, 0.05) is 5.02 Å². The maximum Gasteiger partial charge on any atom is 0.124 e. The van der Waals surface area contributed by atoms with Crippen LogP contribution in [0.15, 0.2) is 18.2 Å². The van der Waals surface area contributed by atoms with E-state index in [0.29, 0.717) is 0 Å². The van der Waals surface area contributed by atoms with Crippen molar-refractivity contribution in [1.82, 2.24) is 4.90 Å². The van der Waals surface area contributed by atoms with E-state index in [4.69, 9.17) is 11.6 Å². The van der Waals surface area contributed by atoms with Crippen molar-refractivity contribution in [3.8, 4) is 6.07 Å². The van der Waals surface area contributed by atoms with Crippen molar-refractivity contribution in [3.05, 3.63) is 34.3 Å². The minimum absolute atomic E-state index is 0.174. The number of nitriles is 1. The lowest BCUT2D eigenvalue weighted by molar-refractivity contribution is 0.262. The van der Waals surface area contributed by atoms with Crippen LogP contribution in [0.1, 0.15) is 31.0 Å². The lowest BCUT2D eigenvalue weighted by atomic mass is 10.0. The highest BCUT2D eigenvalue weighted by atomic mass is 35.5. The summed E-state index contributed by atoms with van der Waals surface area (Å²) < 4.78 is 0. The van der Waals surface area contributed by atoms with Gasteiger partial charge >= 0.3 is 0 Å². The third-order valence-corrected chi connectivity index (χ3v) is 3.06. The monoisotopic (exact) mass is 236 g/mol. The van der Waals surface area contributed by atoms with Gasteiger partial charge in [-0.25, -0.2) is 0 Å². The molecule has 0 N–H and O–H groups in total. The Labute approximate surface area is 102 Å². The fraction of sp³-hybridized carbons (Fsp3) is 0.462. The summed E-state index contributed by atoms with van der Waals surface area (Å²) in [4.78, 5) is 2.14. The highest BCUT2D eigenvalue weighted by molar-refractivity contribution is 6.30. The van der Waals surface area contributed by atoms with E-state index in [1.165, 1.54) is 0 Å². The number of hydrogen-bond acceptors (Lipinski definition) is 2. The average molecular weight is 237 g/mol. The second kappa shape index (κ2) is 5.89. The molecule has 0 aliphatic heterocycles. The molecule has 0 bridgehead atoms. The highest BCUT2D eigenvalue weighted by Gasteiger charge is 2.18. The molecule has 0 aliphatic rings. The highest BCUT2D eigenvalue weighted by Crippen LogP contribution is 2.25. The molecule has 2 nitrogen and oxygen atoms in total. The van der Waals surface area contributed by atoms with Crippen LogP contribution >= 0.6 is 11.6 Å². The standard InChI is InChI=1S/C13H17ClN2/c1-4-16(5-2)13(9-15)12-7-6-11(14)8-10(12)3/h6-8,13H,4-5H2,1-3H3. The van der Waals surface area contributed by atoms with E-state index in [-0.39, 0.29) is 6.04 Å². The van der Waals surface area contributed by atoms with E-state index in [0.717, 1.165) is 29.2 Å². The summed E-state index contributed by atoms with van der Waals surface area (Å²) in [5.74, 6) is 0. The Kier molecular flexibility index (Phi) is 4.79. The third kappa shape index (κ3) is 2.75. The number of rotatable bonds is 4. The van der Waals surface area contributed by atoms with Crippen molar-refractivity contribution in [2.45, 2.75) is 26.8 Å². The second-order valence-electron chi connectivity index (χ2n) is 3.75. The fourth-order valence-electron chi connectivity index (χ4n) is 1.88. The van der Waals surface area contributed by atoms with E-state index >= 15 is 0 Å². The molecule has 0 saturated heterocycles. The van der Waals surface area contributed by atoms with Gasteiger partial charge in [-0.05, 0) is 43.3 Å². The molecule has 1 rings (SSSR count). The molecule has 0 radical (unpaired) electrons. The topological polar surface area (TPSA) is 27.0 Å². The van der Waals surface area contributed by atoms with Gasteiger partial charge in [0.1, 0.15) is 6.04 Å². The lowest BCUT2D eigenvalue weighted by Gasteiger charge is -2.25. The Morgan fingerprint density at radius 2 is 2.00 bits per heavy atom. The molecule has 1 unspecified atom stereocenters. The summed E-state index contributed by atoms with van der Waals surface area (Å²) in [6, 6.07) is 7.89.